The number of benzene rings is 1. The highest BCUT2D eigenvalue weighted by Gasteiger charge is 2.33. The summed E-state index contributed by atoms with van der Waals surface area (Å²) in [5.74, 6) is -2.90. The molecule has 2 rings (SSSR count). The SMILES string of the molecule is Nc1nc(-c2ccc(F)c(F)c2)cc(C(F)(F)F)n1. The van der Waals surface area contributed by atoms with Crippen molar-refractivity contribution in [2.75, 3.05) is 5.73 Å². The van der Waals surface area contributed by atoms with E-state index in [1.165, 1.54) is 0 Å². The average Bonchev–Trinajstić information content (AvgIpc) is 2.31. The molecule has 0 unspecified atom stereocenters. The third-order valence-corrected chi connectivity index (χ3v) is 2.25. The molecule has 0 aliphatic heterocycles. The maximum absolute atomic E-state index is 13.0. The molecule has 0 amide bonds. The molecule has 0 saturated heterocycles. The highest BCUT2D eigenvalue weighted by atomic mass is 19.4. The Hall–Kier alpha value is -2.25. The van der Waals surface area contributed by atoms with E-state index in [1.807, 2.05) is 0 Å². The lowest BCUT2D eigenvalue weighted by Gasteiger charge is -2.08. The molecule has 8 heteroatoms. The van der Waals surface area contributed by atoms with Gasteiger partial charge in [0.05, 0.1) is 5.69 Å². The van der Waals surface area contributed by atoms with Crippen LogP contribution in [0.1, 0.15) is 5.69 Å². The van der Waals surface area contributed by atoms with E-state index in [-0.39, 0.29) is 11.3 Å². The van der Waals surface area contributed by atoms with Gasteiger partial charge in [-0.3, -0.25) is 0 Å². The first-order valence-corrected chi connectivity index (χ1v) is 4.94. The van der Waals surface area contributed by atoms with Gasteiger partial charge in [-0.1, -0.05) is 0 Å². The molecule has 100 valence electrons. The number of hydrogen-bond acceptors (Lipinski definition) is 3. The number of nitrogen functional groups attached to an aromatic ring is 1. The van der Waals surface area contributed by atoms with Crippen LogP contribution >= 0.6 is 0 Å². The van der Waals surface area contributed by atoms with Crippen molar-refractivity contribution in [2.24, 2.45) is 0 Å². The van der Waals surface area contributed by atoms with Crippen molar-refractivity contribution in [1.82, 2.24) is 9.97 Å². The van der Waals surface area contributed by atoms with E-state index in [4.69, 9.17) is 5.73 Å². The molecule has 0 aliphatic carbocycles. The summed E-state index contributed by atoms with van der Waals surface area (Å²) in [4.78, 5) is 6.61. The van der Waals surface area contributed by atoms with Crippen molar-refractivity contribution in [2.45, 2.75) is 6.18 Å². The van der Waals surface area contributed by atoms with E-state index in [1.54, 1.807) is 0 Å². The molecule has 2 aromatic rings. The lowest BCUT2D eigenvalue weighted by atomic mass is 10.1. The number of anilines is 1. The summed E-state index contributed by atoms with van der Waals surface area (Å²) in [6.45, 7) is 0. The molecule has 0 bridgehead atoms. The number of rotatable bonds is 1. The van der Waals surface area contributed by atoms with Crippen LogP contribution < -0.4 is 5.73 Å². The van der Waals surface area contributed by atoms with Crippen LogP contribution in [0.15, 0.2) is 24.3 Å². The second-order valence-electron chi connectivity index (χ2n) is 3.62. The quantitative estimate of drug-likeness (QED) is 0.814. The fourth-order valence-corrected chi connectivity index (χ4v) is 1.41. The van der Waals surface area contributed by atoms with Gasteiger partial charge in [-0.15, -0.1) is 0 Å². The van der Waals surface area contributed by atoms with Crippen molar-refractivity contribution in [3.8, 4) is 11.3 Å². The highest BCUT2D eigenvalue weighted by molar-refractivity contribution is 5.60. The molecule has 0 fully saturated rings. The number of halogens is 5. The van der Waals surface area contributed by atoms with Gasteiger partial charge < -0.3 is 5.73 Å². The highest BCUT2D eigenvalue weighted by Crippen LogP contribution is 2.30. The lowest BCUT2D eigenvalue weighted by molar-refractivity contribution is -0.141. The zero-order valence-electron chi connectivity index (χ0n) is 9.17. The molecule has 1 heterocycles. The van der Waals surface area contributed by atoms with Crippen molar-refractivity contribution >= 4 is 5.95 Å². The third kappa shape index (κ3) is 2.78. The van der Waals surface area contributed by atoms with Crippen LogP contribution in [0.5, 0.6) is 0 Å². The van der Waals surface area contributed by atoms with Crippen LogP contribution in [0.25, 0.3) is 11.3 Å². The van der Waals surface area contributed by atoms with Crippen molar-refractivity contribution in [3.05, 3.63) is 41.6 Å². The molecule has 1 aromatic heterocycles. The Bertz CT molecular complexity index is 624. The first-order valence-electron chi connectivity index (χ1n) is 4.94. The summed E-state index contributed by atoms with van der Waals surface area (Å²) in [5, 5.41) is 0. The van der Waals surface area contributed by atoms with E-state index in [0.717, 1.165) is 18.2 Å². The molecule has 0 atom stereocenters. The second kappa shape index (κ2) is 4.45. The number of hydrogen-bond donors (Lipinski definition) is 1. The Labute approximate surface area is 103 Å². The normalized spacial score (nSPS) is 11.6. The Morgan fingerprint density at radius 3 is 2.21 bits per heavy atom. The van der Waals surface area contributed by atoms with Crippen LogP contribution in [-0.4, -0.2) is 9.97 Å². The fourth-order valence-electron chi connectivity index (χ4n) is 1.41. The number of nitrogens with two attached hydrogens (primary N) is 1. The lowest BCUT2D eigenvalue weighted by Crippen LogP contribution is -2.11. The summed E-state index contributed by atoms with van der Waals surface area (Å²) < 4.78 is 63.4. The Balaban J connectivity index is 2.56. The Morgan fingerprint density at radius 1 is 0.947 bits per heavy atom. The number of aromatic nitrogens is 2. The third-order valence-electron chi connectivity index (χ3n) is 2.25. The predicted molar refractivity (Wildman–Crippen MR) is 56.8 cm³/mol. The molecular weight excluding hydrogens is 269 g/mol. The molecular formula is C11H6F5N3. The van der Waals surface area contributed by atoms with Gasteiger partial charge in [-0.25, -0.2) is 18.7 Å². The topological polar surface area (TPSA) is 51.8 Å². The maximum atomic E-state index is 13.0. The average molecular weight is 275 g/mol. The zero-order valence-corrected chi connectivity index (χ0v) is 9.17. The van der Waals surface area contributed by atoms with Gasteiger partial charge in [-0.2, -0.15) is 13.2 Å². The van der Waals surface area contributed by atoms with E-state index in [2.05, 4.69) is 9.97 Å². The Kier molecular flexibility index (Phi) is 3.09. The largest absolute Gasteiger partial charge is 0.433 e. The number of alkyl halides is 3. The molecule has 19 heavy (non-hydrogen) atoms. The van der Waals surface area contributed by atoms with E-state index >= 15 is 0 Å². The van der Waals surface area contributed by atoms with Gasteiger partial charge in [0.15, 0.2) is 17.3 Å². The van der Waals surface area contributed by atoms with Crippen LogP contribution in [-0.2, 0) is 6.18 Å². The van der Waals surface area contributed by atoms with Crippen LogP contribution in [0.2, 0.25) is 0 Å². The number of nitrogens with zero attached hydrogens (tertiary/aromatic N) is 2. The van der Waals surface area contributed by atoms with Gasteiger partial charge in [0, 0.05) is 5.56 Å². The van der Waals surface area contributed by atoms with Gasteiger partial charge in [-0.05, 0) is 24.3 Å². The summed E-state index contributed by atoms with van der Waals surface area (Å²) in [5.41, 5.74) is 3.65. The van der Waals surface area contributed by atoms with Crippen LogP contribution in [0.4, 0.5) is 27.9 Å². The van der Waals surface area contributed by atoms with Crippen molar-refractivity contribution in [1.29, 1.82) is 0 Å². The van der Waals surface area contributed by atoms with E-state index in [9.17, 15) is 22.0 Å². The maximum Gasteiger partial charge on any atom is 0.433 e. The summed E-state index contributed by atoms with van der Waals surface area (Å²) in [6.07, 6.45) is -4.70. The monoisotopic (exact) mass is 275 g/mol. The molecule has 3 nitrogen and oxygen atoms in total. The standard InChI is InChI=1S/C11H6F5N3/c12-6-2-1-5(3-7(6)13)8-4-9(11(14,15)16)19-10(17)18-8/h1-4H,(H2,17,18,19). The second-order valence-corrected chi connectivity index (χ2v) is 3.62. The van der Waals surface area contributed by atoms with Gasteiger partial charge in [0.25, 0.3) is 0 Å². The fraction of sp³-hybridized carbons (Fsp3) is 0.0909. The molecule has 0 spiro atoms. The molecule has 0 aliphatic rings. The van der Waals surface area contributed by atoms with Crippen LogP contribution in [0.3, 0.4) is 0 Å². The predicted octanol–water partition coefficient (Wildman–Crippen LogP) is 3.02. The minimum atomic E-state index is -4.70. The molecule has 2 N–H and O–H groups in total. The minimum Gasteiger partial charge on any atom is -0.368 e. The van der Waals surface area contributed by atoms with Crippen molar-refractivity contribution < 1.29 is 22.0 Å². The van der Waals surface area contributed by atoms with Gasteiger partial charge >= 0.3 is 6.18 Å². The molecule has 0 saturated carbocycles. The smallest absolute Gasteiger partial charge is 0.368 e. The first kappa shape index (κ1) is 13.2. The van der Waals surface area contributed by atoms with Crippen molar-refractivity contribution in [3.63, 3.8) is 0 Å². The van der Waals surface area contributed by atoms with Gasteiger partial charge in [0.2, 0.25) is 5.95 Å². The molecule has 1 aromatic carbocycles. The van der Waals surface area contributed by atoms with Gasteiger partial charge in [0.1, 0.15) is 0 Å². The first-order chi connectivity index (χ1) is 8.77. The zero-order chi connectivity index (χ0) is 14.2. The van der Waals surface area contributed by atoms with E-state index in [0.29, 0.717) is 6.07 Å². The van der Waals surface area contributed by atoms with E-state index < -0.39 is 29.5 Å². The summed E-state index contributed by atoms with van der Waals surface area (Å²) in [7, 11) is 0. The summed E-state index contributed by atoms with van der Waals surface area (Å²) >= 11 is 0. The minimum absolute atomic E-state index is 0.0292. The van der Waals surface area contributed by atoms with Crippen LogP contribution in [0, 0.1) is 11.6 Å². The Morgan fingerprint density at radius 2 is 1.63 bits per heavy atom. The molecule has 0 radical (unpaired) electrons. The summed E-state index contributed by atoms with van der Waals surface area (Å²) in [6, 6.07) is 3.23.